The molecule has 0 unspecified atom stereocenters. The lowest BCUT2D eigenvalue weighted by molar-refractivity contribution is -0.175. The molecule has 0 radical (unpaired) electrons. The molecule has 0 saturated heterocycles. The first kappa shape index (κ1) is 25.9. The fourth-order valence-corrected chi connectivity index (χ4v) is 9.74. The van der Waals surface area contributed by atoms with Crippen LogP contribution in [0.15, 0.2) is 28.5 Å². The van der Waals surface area contributed by atoms with Crippen LogP contribution in [0.25, 0.3) is 15.3 Å². The van der Waals surface area contributed by atoms with Crippen molar-refractivity contribution in [3.8, 4) is 0 Å². The first-order valence-corrected chi connectivity index (χ1v) is 13.7. The second-order valence-electron chi connectivity index (χ2n) is 14.0. The van der Waals surface area contributed by atoms with E-state index in [1.165, 1.54) is 0 Å². The molecular weight excluding hydrogens is 464 g/mol. The minimum absolute atomic E-state index is 0.00962. The van der Waals surface area contributed by atoms with Gasteiger partial charge in [-0.3, -0.25) is 9.59 Å². The van der Waals surface area contributed by atoms with Crippen molar-refractivity contribution in [3.05, 3.63) is 45.3 Å². The summed E-state index contributed by atoms with van der Waals surface area (Å²) >= 11 is 0. The van der Waals surface area contributed by atoms with Crippen LogP contribution in [0.1, 0.15) is 86.5 Å². The standard InChI is InChI=1S/C30H38N4O3/c1-17-18-8-9-28(5)22(27(18,4)16-20(32-7)24(17)36)14-21(35)23-19-15-26(2,3)10-12-30(19,25(37)33-34-31)13-11-29(23,28)6/h14,16-19,23H,8-13,15H2,1-6H3/t17-,18-,19-,23-,27-,28+,29+,30-/m0/s1. The van der Waals surface area contributed by atoms with Crippen LogP contribution >= 0.6 is 0 Å². The number of azide groups is 1. The van der Waals surface area contributed by atoms with Crippen LogP contribution in [0, 0.1) is 57.3 Å². The van der Waals surface area contributed by atoms with Crippen molar-refractivity contribution in [1.29, 1.82) is 0 Å². The molecule has 7 heteroatoms. The number of allylic oxidation sites excluding steroid dienone is 4. The first-order chi connectivity index (χ1) is 17.2. The minimum Gasteiger partial charge on any atom is -0.308 e. The Morgan fingerprint density at radius 2 is 1.73 bits per heavy atom. The first-order valence-electron chi connectivity index (χ1n) is 13.7. The summed E-state index contributed by atoms with van der Waals surface area (Å²) in [7, 11) is 0. The molecule has 0 aromatic heterocycles. The second kappa shape index (κ2) is 7.90. The lowest BCUT2D eigenvalue weighted by Crippen LogP contribution is -2.65. The van der Waals surface area contributed by atoms with Gasteiger partial charge in [0.15, 0.2) is 11.6 Å². The Labute approximate surface area is 219 Å². The molecule has 0 aliphatic heterocycles. The van der Waals surface area contributed by atoms with E-state index >= 15 is 0 Å². The molecule has 0 aromatic rings. The Hall–Kier alpha value is -2.71. The van der Waals surface area contributed by atoms with Crippen LogP contribution in [-0.4, -0.2) is 17.5 Å². The quantitative estimate of drug-likeness (QED) is 0.167. The van der Waals surface area contributed by atoms with E-state index in [1.54, 1.807) is 0 Å². The third-order valence-corrected chi connectivity index (χ3v) is 12.1. The zero-order valence-electron chi connectivity index (χ0n) is 22.9. The van der Waals surface area contributed by atoms with Gasteiger partial charge in [0.25, 0.3) is 0 Å². The van der Waals surface area contributed by atoms with Gasteiger partial charge >= 0.3 is 0 Å². The number of hydrogen-bond acceptors (Lipinski definition) is 3. The Morgan fingerprint density at radius 3 is 2.38 bits per heavy atom. The molecule has 3 saturated carbocycles. The molecule has 0 spiro atoms. The molecule has 5 rings (SSSR count). The van der Waals surface area contributed by atoms with Crippen molar-refractivity contribution in [2.24, 2.45) is 55.9 Å². The fraction of sp³-hybridized carbons (Fsp3) is 0.733. The maximum Gasteiger partial charge on any atom is 0.226 e. The van der Waals surface area contributed by atoms with Crippen LogP contribution in [0.4, 0.5) is 0 Å². The minimum atomic E-state index is -0.784. The third-order valence-electron chi connectivity index (χ3n) is 12.1. The number of carbonyl (C=O) groups is 3. The van der Waals surface area contributed by atoms with Gasteiger partial charge in [-0.05, 0) is 89.7 Å². The van der Waals surface area contributed by atoms with E-state index in [0.717, 1.165) is 31.3 Å². The molecule has 7 nitrogen and oxygen atoms in total. The molecular formula is C30H38N4O3. The molecule has 37 heavy (non-hydrogen) atoms. The monoisotopic (exact) mass is 502 g/mol. The van der Waals surface area contributed by atoms with Gasteiger partial charge in [0, 0.05) is 27.6 Å². The molecule has 8 atom stereocenters. The van der Waals surface area contributed by atoms with E-state index in [1.807, 2.05) is 19.1 Å². The Kier molecular flexibility index (Phi) is 5.53. The smallest absolute Gasteiger partial charge is 0.226 e. The van der Waals surface area contributed by atoms with Gasteiger partial charge in [-0.25, -0.2) is 4.85 Å². The van der Waals surface area contributed by atoms with Crippen LogP contribution < -0.4 is 0 Å². The Morgan fingerprint density at radius 1 is 1.05 bits per heavy atom. The van der Waals surface area contributed by atoms with E-state index in [-0.39, 0.29) is 57.2 Å². The summed E-state index contributed by atoms with van der Waals surface area (Å²) in [5, 5.41) is 3.60. The molecule has 0 bridgehead atoms. The van der Waals surface area contributed by atoms with Crippen LogP contribution in [-0.2, 0) is 14.4 Å². The number of ketones is 2. The van der Waals surface area contributed by atoms with E-state index in [4.69, 9.17) is 12.1 Å². The molecule has 1 amide bonds. The Bertz CT molecular complexity index is 1270. The molecule has 3 fully saturated rings. The highest BCUT2D eigenvalue weighted by Crippen LogP contribution is 2.73. The summed E-state index contributed by atoms with van der Waals surface area (Å²) in [5.74, 6) is -1.15. The summed E-state index contributed by atoms with van der Waals surface area (Å²) in [6.45, 7) is 20.6. The maximum absolute atomic E-state index is 14.3. The third kappa shape index (κ3) is 3.18. The van der Waals surface area contributed by atoms with Crippen molar-refractivity contribution in [2.75, 3.05) is 0 Å². The van der Waals surface area contributed by atoms with Crippen LogP contribution in [0.3, 0.4) is 0 Å². The molecule has 5 aliphatic rings. The summed E-state index contributed by atoms with van der Waals surface area (Å²) in [4.78, 5) is 47.0. The highest BCUT2D eigenvalue weighted by molar-refractivity contribution is 6.01. The fourth-order valence-electron chi connectivity index (χ4n) is 9.74. The number of hydrogen-bond donors (Lipinski definition) is 0. The topological polar surface area (TPSA) is 104 Å². The predicted octanol–water partition coefficient (Wildman–Crippen LogP) is 7.01. The molecule has 0 aromatic carbocycles. The molecule has 196 valence electrons. The van der Waals surface area contributed by atoms with Gasteiger partial charge in [0.05, 0.1) is 6.57 Å². The average Bonchev–Trinajstić information content (AvgIpc) is 2.82. The van der Waals surface area contributed by atoms with Crippen molar-refractivity contribution >= 4 is 17.5 Å². The van der Waals surface area contributed by atoms with Crippen LogP contribution in [0.2, 0.25) is 0 Å². The molecule has 5 aliphatic carbocycles. The maximum atomic E-state index is 14.3. The Balaban J connectivity index is 1.70. The highest BCUT2D eigenvalue weighted by Gasteiger charge is 2.69. The number of carbonyl (C=O) groups excluding carboxylic acids is 3. The zero-order chi connectivity index (χ0) is 27.2. The summed E-state index contributed by atoms with van der Waals surface area (Å²) in [6.07, 6.45) is 9.00. The second-order valence-corrected chi connectivity index (χ2v) is 14.0. The molecule has 0 heterocycles. The normalized spacial score (nSPS) is 46.0. The summed E-state index contributed by atoms with van der Waals surface area (Å²) in [5.41, 5.74) is 8.35. The van der Waals surface area contributed by atoms with E-state index in [2.05, 4.69) is 49.5 Å². The number of fused-ring (bicyclic) bond motifs is 7. The number of amides is 1. The predicted molar refractivity (Wildman–Crippen MR) is 139 cm³/mol. The van der Waals surface area contributed by atoms with Gasteiger partial charge in [-0.15, -0.1) is 0 Å². The SMILES string of the molecule is [C-]#[N+]C1=C[C@]2(C)C3=CC(=O)[C@@H]4[C@@H]5CC(C)(C)CC[C@]5(C(=O)N=[N+]=[N-])CC[C@@]4(C)[C@]3(C)CC[C@H]2[C@H](C)C1=O. The number of rotatable bonds is 1. The summed E-state index contributed by atoms with van der Waals surface area (Å²) < 4.78 is 0. The molecule has 0 N–H and O–H groups in total. The summed E-state index contributed by atoms with van der Waals surface area (Å²) in [6, 6.07) is 0. The van der Waals surface area contributed by atoms with Gasteiger partial charge in [-0.1, -0.05) is 53.2 Å². The van der Waals surface area contributed by atoms with Gasteiger partial charge in [0.2, 0.25) is 11.6 Å². The van der Waals surface area contributed by atoms with Crippen molar-refractivity contribution in [3.63, 3.8) is 0 Å². The van der Waals surface area contributed by atoms with Gasteiger partial charge in [0.1, 0.15) is 0 Å². The largest absolute Gasteiger partial charge is 0.308 e. The van der Waals surface area contributed by atoms with Gasteiger partial charge < -0.3 is 4.79 Å². The van der Waals surface area contributed by atoms with Crippen LogP contribution in [0.5, 0.6) is 0 Å². The van der Waals surface area contributed by atoms with Gasteiger partial charge in [-0.2, -0.15) is 0 Å². The van der Waals surface area contributed by atoms with Crippen molar-refractivity contribution in [1.82, 2.24) is 0 Å². The van der Waals surface area contributed by atoms with E-state index < -0.39 is 16.7 Å². The lowest BCUT2D eigenvalue weighted by atomic mass is 9.35. The lowest BCUT2D eigenvalue weighted by Gasteiger charge is -2.68. The number of Topliss-reactive ketones (excluding diaryl/α,β-unsaturated/α-hetero) is 1. The van der Waals surface area contributed by atoms with Crippen molar-refractivity contribution in [2.45, 2.75) is 86.5 Å². The highest BCUT2D eigenvalue weighted by atomic mass is 16.2. The van der Waals surface area contributed by atoms with E-state index in [0.29, 0.717) is 19.3 Å². The average molecular weight is 503 g/mol. The van der Waals surface area contributed by atoms with Crippen molar-refractivity contribution < 1.29 is 14.4 Å². The van der Waals surface area contributed by atoms with E-state index in [9.17, 15) is 14.4 Å². The zero-order valence-corrected chi connectivity index (χ0v) is 22.9. The number of nitrogens with zero attached hydrogens (tertiary/aromatic N) is 4.